The predicted molar refractivity (Wildman–Crippen MR) is 87.4 cm³/mol. The van der Waals surface area contributed by atoms with Gasteiger partial charge in [0.25, 0.3) is 0 Å². The average Bonchev–Trinajstić information content (AvgIpc) is 3.00. The number of benzene rings is 1. The van der Waals surface area contributed by atoms with Crippen LogP contribution in [0.15, 0.2) is 41.1 Å². The van der Waals surface area contributed by atoms with Crippen LogP contribution in [-0.2, 0) is 6.54 Å². The topological polar surface area (TPSA) is 44.4 Å². The first-order valence-corrected chi connectivity index (χ1v) is 7.95. The first-order chi connectivity index (χ1) is 10.6. The van der Waals surface area contributed by atoms with Gasteiger partial charge in [0.15, 0.2) is 0 Å². The highest BCUT2D eigenvalue weighted by atomic mass is 32.1. The number of nitrogens with zero attached hydrogens (tertiary/aromatic N) is 1. The second-order valence-electron chi connectivity index (χ2n) is 5.23. The summed E-state index contributed by atoms with van der Waals surface area (Å²) < 4.78 is 12.8. The molecular formula is C16H20FN3OS. The Balaban J connectivity index is 1.80. The van der Waals surface area contributed by atoms with Gasteiger partial charge in [0.2, 0.25) is 0 Å². The van der Waals surface area contributed by atoms with Crippen molar-refractivity contribution in [3.05, 3.63) is 58.0 Å². The van der Waals surface area contributed by atoms with E-state index in [4.69, 9.17) is 0 Å². The largest absolute Gasteiger partial charge is 0.336 e. The minimum absolute atomic E-state index is 0.142. The van der Waals surface area contributed by atoms with Gasteiger partial charge in [-0.15, -0.1) is 0 Å². The van der Waals surface area contributed by atoms with Crippen molar-refractivity contribution in [2.75, 3.05) is 20.6 Å². The monoisotopic (exact) mass is 321 g/mol. The van der Waals surface area contributed by atoms with E-state index in [0.29, 0.717) is 13.1 Å². The van der Waals surface area contributed by atoms with Crippen molar-refractivity contribution in [2.24, 2.45) is 0 Å². The van der Waals surface area contributed by atoms with Crippen LogP contribution in [0.1, 0.15) is 17.2 Å². The third-order valence-electron chi connectivity index (χ3n) is 3.37. The zero-order valence-corrected chi connectivity index (χ0v) is 13.5. The number of carbonyl (C=O) groups excluding carboxylic acids is 1. The molecule has 0 radical (unpaired) electrons. The van der Waals surface area contributed by atoms with Crippen LogP contribution in [0.3, 0.4) is 0 Å². The Kier molecular flexibility index (Phi) is 5.91. The number of urea groups is 1. The molecule has 2 rings (SSSR count). The van der Waals surface area contributed by atoms with Crippen molar-refractivity contribution in [3.63, 3.8) is 0 Å². The molecule has 0 aliphatic carbocycles. The highest BCUT2D eigenvalue weighted by Gasteiger charge is 2.15. The number of hydrogen-bond acceptors (Lipinski definition) is 3. The maximum atomic E-state index is 12.8. The molecule has 1 aromatic carbocycles. The fourth-order valence-corrected chi connectivity index (χ4v) is 2.81. The zero-order chi connectivity index (χ0) is 15.9. The van der Waals surface area contributed by atoms with Gasteiger partial charge in [-0.2, -0.15) is 11.3 Å². The molecular weight excluding hydrogens is 301 g/mol. The third kappa shape index (κ3) is 4.82. The molecule has 1 atom stereocenters. The third-order valence-corrected chi connectivity index (χ3v) is 4.08. The Hall–Kier alpha value is -1.92. The van der Waals surface area contributed by atoms with Crippen LogP contribution in [-0.4, -0.2) is 31.6 Å². The molecule has 22 heavy (non-hydrogen) atoms. The number of carbonyl (C=O) groups is 1. The van der Waals surface area contributed by atoms with Crippen molar-refractivity contribution >= 4 is 17.4 Å². The molecule has 0 fully saturated rings. The van der Waals surface area contributed by atoms with Gasteiger partial charge < -0.3 is 15.5 Å². The van der Waals surface area contributed by atoms with E-state index in [1.807, 2.05) is 19.5 Å². The van der Waals surface area contributed by atoms with Gasteiger partial charge in [0.05, 0.1) is 6.04 Å². The molecule has 0 spiro atoms. The van der Waals surface area contributed by atoms with Crippen LogP contribution < -0.4 is 10.6 Å². The molecule has 118 valence electrons. The van der Waals surface area contributed by atoms with Crippen LogP contribution in [0.4, 0.5) is 9.18 Å². The average molecular weight is 321 g/mol. The maximum Gasteiger partial charge on any atom is 0.315 e. The molecule has 2 N–H and O–H groups in total. The van der Waals surface area contributed by atoms with Crippen molar-refractivity contribution in [1.82, 2.24) is 15.5 Å². The summed E-state index contributed by atoms with van der Waals surface area (Å²) in [4.78, 5) is 13.9. The van der Waals surface area contributed by atoms with E-state index in [1.54, 1.807) is 23.5 Å². The molecule has 1 unspecified atom stereocenters. The molecule has 1 heterocycles. The second kappa shape index (κ2) is 7.91. The number of likely N-dealkylation sites (N-methyl/N-ethyl adjacent to an activating group) is 1. The molecule has 0 saturated carbocycles. The molecule has 4 nitrogen and oxygen atoms in total. The summed E-state index contributed by atoms with van der Waals surface area (Å²) in [6.45, 7) is 0.899. The molecule has 2 amide bonds. The van der Waals surface area contributed by atoms with E-state index in [0.717, 1.165) is 5.56 Å². The SMILES string of the molecule is CN(C)C(CNC(=O)NCc1ccc(F)cc1)c1ccsc1. The van der Waals surface area contributed by atoms with Crippen molar-refractivity contribution in [2.45, 2.75) is 12.6 Å². The molecule has 0 saturated heterocycles. The fraction of sp³-hybridized carbons (Fsp3) is 0.312. The summed E-state index contributed by atoms with van der Waals surface area (Å²) in [7, 11) is 3.97. The van der Waals surface area contributed by atoms with Crippen LogP contribution in [0.25, 0.3) is 0 Å². The predicted octanol–water partition coefficient (Wildman–Crippen LogP) is 2.99. The summed E-state index contributed by atoms with van der Waals surface area (Å²) in [5, 5.41) is 9.76. The Labute approximate surface area is 134 Å². The van der Waals surface area contributed by atoms with E-state index >= 15 is 0 Å². The van der Waals surface area contributed by atoms with E-state index in [2.05, 4.69) is 27.0 Å². The summed E-state index contributed by atoms with van der Waals surface area (Å²) in [5.74, 6) is -0.280. The standard InChI is InChI=1S/C16H20FN3OS/c1-20(2)15(13-7-8-22-11-13)10-19-16(21)18-9-12-3-5-14(17)6-4-12/h3-8,11,15H,9-10H2,1-2H3,(H2,18,19,21). The Bertz CT molecular complexity index is 584. The first kappa shape index (κ1) is 16.5. The maximum absolute atomic E-state index is 12.8. The van der Waals surface area contributed by atoms with E-state index in [9.17, 15) is 9.18 Å². The normalized spacial score (nSPS) is 12.2. The Morgan fingerprint density at radius 1 is 1.23 bits per heavy atom. The van der Waals surface area contributed by atoms with E-state index in [1.165, 1.54) is 17.7 Å². The van der Waals surface area contributed by atoms with Crippen molar-refractivity contribution in [3.8, 4) is 0 Å². The lowest BCUT2D eigenvalue weighted by molar-refractivity contribution is 0.232. The Morgan fingerprint density at radius 3 is 2.55 bits per heavy atom. The molecule has 6 heteroatoms. The number of nitrogens with one attached hydrogen (secondary N) is 2. The highest BCUT2D eigenvalue weighted by molar-refractivity contribution is 7.07. The molecule has 1 aromatic heterocycles. The van der Waals surface area contributed by atoms with Gasteiger partial charge in [0.1, 0.15) is 5.82 Å². The smallest absolute Gasteiger partial charge is 0.315 e. The van der Waals surface area contributed by atoms with Gasteiger partial charge >= 0.3 is 6.03 Å². The van der Waals surface area contributed by atoms with Gasteiger partial charge in [-0.1, -0.05) is 12.1 Å². The summed E-state index contributed by atoms with van der Waals surface area (Å²) >= 11 is 1.64. The Morgan fingerprint density at radius 2 is 1.95 bits per heavy atom. The van der Waals surface area contributed by atoms with Gasteiger partial charge in [-0.25, -0.2) is 9.18 Å². The number of amides is 2. The summed E-state index contributed by atoms with van der Waals surface area (Å²) in [6, 6.07) is 8.05. The van der Waals surface area contributed by atoms with Crippen LogP contribution >= 0.6 is 11.3 Å². The van der Waals surface area contributed by atoms with E-state index in [-0.39, 0.29) is 17.9 Å². The number of halogens is 1. The highest BCUT2D eigenvalue weighted by Crippen LogP contribution is 2.19. The zero-order valence-electron chi connectivity index (χ0n) is 12.7. The summed E-state index contributed by atoms with van der Waals surface area (Å²) in [5.41, 5.74) is 2.05. The first-order valence-electron chi connectivity index (χ1n) is 7.01. The number of hydrogen-bond donors (Lipinski definition) is 2. The quantitative estimate of drug-likeness (QED) is 0.859. The van der Waals surface area contributed by atoms with Gasteiger partial charge in [-0.05, 0) is 54.2 Å². The van der Waals surface area contributed by atoms with Crippen molar-refractivity contribution < 1.29 is 9.18 Å². The molecule has 2 aromatic rings. The van der Waals surface area contributed by atoms with Gasteiger partial charge in [-0.3, -0.25) is 0 Å². The van der Waals surface area contributed by atoms with Crippen LogP contribution in [0, 0.1) is 5.82 Å². The number of rotatable bonds is 6. The summed E-state index contributed by atoms with van der Waals surface area (Å²) in [6.07, 6.45) is 0. The minimum atomic E-state index is -0.280. The van der Waals surface area contributed by atoms with Gasteiger partial charge in [0, 0.05) is 13.1 Å². The fourth-order valence-electron chi connectivity index (χ4n) is 2.10. The van der Waals surface area contributed by atoms with Crippen LogP contribution in [0.2, 0.25) is 0 Å². The van der Waals surface area contributed by atoms with E-state index < -0.39 is 0 Å². The minimum Gasteiger partial charge on any atom is -0.336 e. The molecule has 0 aliphatic rings. The lowest BCUT2D eigenvalue weighted by Crippen LogP contribution is -2.40. The molecule has 0 aliphatic heterocycles. The van der Waals surface area contributed by atoms with Crippen LogP contribution in [0.5, 0.6) is 0 Å². The number of thiophene rings is 1. The molecule has 0 bridgehead atoms. The second-order valence-corrected chi connectivity index (χ2v) is 6.01. The lowest BCUT2D eigenvalue weighted by Gasteiger charge is -2.24. The van der Waals surface area contributed by atoms with Crippen molar-refractivity contribution in [1.29, 1.82) is 0 Å². The lowest BCUT2D eigenvalue weighted by atomic mass is 10.1.